The first kappa shape index (κ1) is 17.4. The average Bonchev–Trinajstić information content (AvgIpc) is 2.67. The Bertz CT molecular complexity index is 880. The minimum atomic E-state index is -0.269. The molecule has 0 aliphatic rings. The van der Waals surface area contributed by atoms with Crippen LogP contribution in [0.25, 0.3) is 0 Å². The number of rotatable bonds is 6. The van der Waals surface area contributed by atoms with Crippen molar-refractivity contribution in [3.05, 3.63) is 77.7 Å². The summed E-state index contributed by atoms with van der Waals surface area (Å²) >= 11 is 0. The fourth-order valence-electron chi connectivity index (χ4n) is 2.43. The lowest BCUT2D eigenvalue weighted by Gasteiger charge is -2.10. The van der Waals surface area contributed by atoms with Crippen LogP contribution in [0.2, 0.25) is 0 Å². The maximum Gasteiger partial charge on any atom is 0.274 e. The molecule has 1 amide bonds. The smallest absolute Gasteiger partial charge is 0.274 e. The van der Waals surface area contributed by atoms with Crippen LogP contribution < -0.4 is 15.4 Å². The van der Waals surface area contributed by atoms with Crippen LogP contribution >= 0.6 is 0 Å². The lowest BCUT2D eigenvalue weighted by atomic mass is 10.2. The number of nitrogens with zero attached hydrogens (tertiary/aromatic N) is 2. The number of methoxy groups -OCH3 is 1. The number of para-hydroxylation sites is 1. The molecule has 6 nitrogen and oxygen atoms in total. The molecule has 0 radical (unpaired) electrons. The van der Waals surface area contributed by atoms with Crippen LogP contribution in [0.5, 0.6) is 5.75 Å². The third kappa shape index (κ3) is 4.57. The number of amides is 1. The Hall–Kier alpha value is -3.41. The average molecular weight is 348 g/mol. The molecular weight excluding hydrogens is 328 g/mol. The Morgan fingerprint density at radius 2 is 1.77 bits per heavy atom. The highest BCUT2D eigenvalue weighted by Crippen LogP contribution is 2.14. The van der Waals surface area contributed by atoms with Gasteiger partial charge in [-0.15, -0.1) is 0 Å². The lowest BCUT2D eigenvalue weighted by Crippen LogP contribution is -2.15. The Kier molecular flexibility index (Phi) is 5.43. The molecule has 0 spiro atoms. The molecule has 2 aromatic carbocycles. The summed E-state index contributed by atoms with van der Waals surface area (Å²) in [5, 5.41) is 6.05. The zero-order valence-corrected chi connectivity index (χ0v) is 14.7. The van der Waals surface area contributed by atoms with Crippen molar-refractivity contribution in [3.8, 4) is 5.75 Å². The molecule has 0 unspecified atom stereocenters. The highest BCUT2D eigenvalue weighted by Gasteiger charge is 2.11. The molecule has 3 rings (SSSR count). The fraction of sp³-hybridized carbons (Fsp3) is 0.150. The second-order valence-electron chi connectivity index (χ2n) is 5.71. The van der Waals surface area contributed by atoms with Crippen molar-refractivity contribution in [2.45, 2.75) is 13.5 Å². The number of hydrogen-bond acceptors (Lipinski definition) is 5. The van der Waals surface area contributed by atoms with Gasteiger partial charge in [-0.2, -0.15) is 0 Å². The van der Waals surface area contributed by atoms with Gasteiger partial charge in [0.05, 0.1) is 7.11 Å². The molecule has 2 N–H and O–H groups in total. The van der Waals surface area contributed by atoms with Crippen molar-refractivity contribution in [1.82, 2.24) is 9.97 Å². The van der Waals surface area contributed by atoms with Gasteiger partial charge < -0.3 is 15.4 Å². The van der Waals surface area contributed by atoms with Gasteiger partial charge >= 0.3 is 0 Å². The number of ether oxygens (including phenoxy) is 1. The highest BCUT2D eigenvalue weighted by atomic mass is 16.5. The summed E-state index contributed by atoms with van der Waals surface area (Å²) in [6.45, 7) is 2.35. The van der Waals surface area contributed by atoms with Crippen LogP contribution in [-0.2, 0) is 6.54 Å². The van der Waals surface area contributed by atoms with Gasteiger partial charge in [0.25, 0.3) is 5.91 Å². The summed E-state index contributed by atoms with van der Waals surface area (Å²) in [5.74, 6) is 1.68. The number of nitrogens with one attached hydrogen (secondary N) is 2. The summed E-state index contributed by atoms with van der Waals surface area (Å²) in [6.07, 6.45) is 0. The van der Waals surface area contributed by atoms with Crippen molar-refractivity contribution in [2.75, 3.05) is 17.7 Å². The van der Waals surface area contributed by atoms with Gasteiger partial charge in [-0.05, 0) is 36.8 Å². The molecule has 0 aliphatic heterocycles. The number of carbonyl (C=O) groups excluding carboxylic acids is 1. The summed E-state index contributed by atoms with van der Waals surface area (Å²) in [6, 6.07) is 18.7. The van der Waals surface area contributed by atoms with E-state index in [2.05, 4.69) is 20.6 Å². The fourth-order valence-corrected chi connectivity index (χ4v) is 2.43. The van der Waals surface area contributed by atoms with Crippen LogP contribution in [0, 0.1) is 6.92 Å². The van der Waals surface area contributed by atoms with Gasteiger partial charge in [-0.1, -0.05) is 30.3 Å². The standard InChI is InChI=1S/C20H20N4O2/c1-14-22-18(20(25)24-16-6-4-3-5-7-16)12-19(23-14)21-13-15-8-10-17(26-2)11-9-15/h3-12H,13H2,1-2H3,(H,24,25)(H,21,22,23). The van der Waals surface area contributed by atoms with E-state index in [0.29, 0.717) is 23.9 Å². The molecule has 132 valence electrons. The predicted octanol–water partition coefficient (Wildman–Crippen LogP) is 3.66. The first-order valence-corrected chi connectivity index (χ1v) is 8.23. The third-order valence-electron chi connectivity index (χ3n) is 3.73. The quantitative estimate of drug-likeness (QED) is 0.711. The van der Waals surface area contributed by atoms with Crippen LogP contribution in [0.1, 0.15) is 21.9 Å². The minimum absolute atomic E-state index is 0.269. The van der Waals surface area contributed by atoms with Gasteiger partial charge in [0, 0.05) is 18.3 Å². The maximum atomic E-state index is 12.4. The lowest BCUT2D eigenvalue weighted by molar-refractivity contribution is 0.102. The van der Waals surface area contributed by atoms with E-state index < -0.39 is 0 Å². The zero-order valence-electron chi connectivity index (χ0n) is 14.7. The predicted molar refractivity (Wildman–Crippen MR) is 101 cm³/mol. The molecule has 0 saturated heterocycles. The largest absolute Gasteiger partial charge is 0.497 e. The molecule has 6 heteroatoms. The van der Waals surface area contributed by atoms with E-state index >= 15 is 0 Å². The van der Waals surface area contributed by atoms with Crippen LogP contribution in [0.15, 0.2) is 60.7 Å². The Balaban J connectivity index is 1.69. The molecular formula is C20H20N4O2. The van der Waals surface area contributed by atoms with Crippen LogP contribution in [0.3, 0.4) is 0 Å². The summed E-state index contributed by atoms with van der Waals surface area (Å²) < 4.78 is 5.15. The number of hydrogen-bond donors (Lipinski definition) is 2. The van der Waals surface area contributed by atoms with Crippen molar-refractivity contribution < 1.29 is 9.53 Å². The zero-order chi connectivity index (χ0) is 18.4. The van der Waals surface area contributed by atoms with Gasteiger partial charge in [-0.25, -0.2) is 9.97 Å². The van der Waals surface area contributed by atoms with E-state index in [-0.39, 0.29) is 5.91 Å². The number of aromatic nitrogens is 2. The monoisotopic (exact) mass is 348 g/mol. The Labute approximate surface area is 152 Å². The molecule has 3 aromatic rings. The summed E-state index contributed by atoms with van der Waals surface area (Å²) in [5.41, 5.74) is 2.12. The second-order valence-corrected chi connectivity index (χ2v) is 5.71. The van der Waals surface area contributed by atoms with Gasteiger partial charge in [0.15, 0.2) is 0 Å². The SMILES string of the molecule is COc1ccc(CNc2cc(C(=O)Nc3ccccc3)nc(C)n2)cc1. The van der Waals surface area contributed by atoms with E-state index in [0.717, 1.165) is 17.0 Å². The molecule has 0 aliphatic carbocycles. The number of anilines is 2. The number of benzene rings is 2. The molecule has 1 heterocycles. The maximum absolute atomic E-state index is 12.4. The van der Waals surface area contributed by atoms with Gasteiger partial charge in [0.2, 0.25) is 0 Å². The van der Waals surface area contributed by atoms with Gasteiger partial charge in [-0.3, -0.25) is 4.79 Å². The normalized spacial score (nSPS) is 10.2. The van der Waals surface area contributed by atoms with Crippen molar-refractivity contribution in [2.24, 2.45) is 0 Å². The Morgan fingerprint density at radius 1 is 1.04 bits per heavy atom. The van der Waals surface area contributed by atoms with Crippen LogP contribution in [-0.4, -0.2) is 23.0 Å². The van der Waals surface area contributed by atoms with E-state index in [4.69, 9.17) is 4.74 Å². The highest BCUT2D eigenvalue weighted by molar-refractivity contribution is 6.03. The van der Waals surface area contributed by atoms with Crippen molar-refractivity contribution in [3.63, 3.8) is 0 Å². The van der Waals surface area contributed by atoms with Crippen molar-refractivity contribution >= 4 is 17.4 Å². The summed E-state index contributed by atoms with van der Waals surface area (Å²) in [7, 11) is 1.64. The van der Waals surface area contributed by atoms with Gasteiger partial charge in [0.1, 0.15) is 23.1 Å². The number of carbonyl (C=O) groups is 1. The van der Waals surface area contributed by atoms with E-state index in [1.54, 1.807) is 20.1 Å². The Morgan fingerprint density at radius 3 is 2.46 bits per heavy atom. The van der Waals surface area contributed by atoms with Crippen molar-refractivity contribution in [1.29, 1.82) is 0 Å². The molecule has 0 bridgehead atoms. The summed E-state index contributed by atoms with van der Waals surface area (Å²) in [4.78, 5) is 21.0. The first-order chi connectivity index (χ1) is 12.6. The molecule has 0 fully saturated rings. The molecule has 1 aromatic heterocycles. The van der Waals surface area contributed by atoms with E-state index in [1.165, 1.54) is 0 Å². The first-order valence-electron chi connectivity index (χ1n) is 8.23. The molecule has 0 atom stereocenters. The second kappa shape index (κ2) is 8.11. The topological polar surface area (TPSA) is 76.1 Å². The third-order valence-corrected chi connectivity index (χ3v) is 3.73. The van der Waals surface area contributed by atoms with E-state index in [1.807, 2.05) is 54.6 Å². The number of aryl methyl sites for hydroxylation is 1. The van der Waals surface area contributed by atoms with E-state index in [9.17, 15) is 4.79 Å². The minimum Gasteiger partial charge on any atom is -0.497 e. The molecule has 0 saturated carbocycles. The van der Waals surface area contributed by atoms with Crippen LogP contribution in [0.4, 0.5) is 11.5 Å². The molecule has 26 heavy (non-hydrogen) atoms.